The minimum atomic E-state index is -0.441. The monoisotopic (exact) mass is 212 g/mol. The lowest BCUT2D eigenvalue weighted by Gasteiger charge is -2.11. The SMILES string of the molecule is COCc1cc(F)cc(OC)c1C(C)=O. The molecule has 0 atom stereocenters. The number of carbonyl (C=O) groups is 1. The van der Waals surface area contributed by atoms with Crippen LogP contribution in [0, 0.1) is 5.82 Å². The Kier molecular flexibility index (Phi) is 3.80. The van der Waals surface area contributed by atoms with Crippen LogP contribution in [0.25, 0.3) is 0 Å². The van der Waals surface area contributed by atoms with E-state index in [1.54, 1.807) is 0 Å². The van der Waals surface area contributed by atoms with E-state index in [-0.39, 0.29) is 18.1 Å². The molecule has 3 nitrogen and oxygen atoms in total. The molecule has 0 aliphatic carbocycles. The summed E-state index contributed by atoms with van der Waals surface area (Å²) in [5.74, 6) is -0.364. The summed E-state index contributed by atoms with van der Waals surface area (Å²) in [6, 6.07) is 2.47. The third-order valence-corrected chi connectivity index (χ3v) is 2.02. The topological polar surface area (TPSA) is 35.5 Å². The van der Waals surface area contributed by atoms with Crippen molar-refractivity contribution in [2.75, 3.05) is 14.2 Å². The summed E-state index contributed by atoms with van der Waals surface area (Å²) in [6.45, 7) is 1.60. The average Bonchev–Trinajstić information content (AvgIpc) is 2.16. The van der Waals surface area contributed by atoms with Crippen LogP contribution in [0.5, 0.6) is 5.75 Å². The highest BCUT2D eigenvalue weighted by molar-refractivity contribution is 5.98. The molecule has 0 amide bonds. The van der Waals surface area contributed by atoms with Crippen molar-refractivity contribution in [3.8, 4) is 5.75 Å². The molecule has 0 heterocycles. The Hall–Kier alpha value is -1.42. The van der Waals surface area contributed by atoms with Crippen LogP contribution in [0.1, 0.15) is 22.8 Å². The van der Waals surface area contributed by atoms with Gasteiger partial charge < -0.3 is 9.47 Å². The molecular weight excluding hydrogens is 199 g/mol. The van der Waals surface area contributed by atoms with Gasteiger partial charge in [0.1, 0.15) is 11.6 Å². The fourth-order valence-electron chi connectivity index (χ4n) is 1.47. The van der Waals surface area contributed by atoms with Crippen molar-refractivity contribution in [2.45, 2.75) is 13.5 Å². The zero-order valence-electron chi connectivity index (χ0n) is 8.96. The van der Waals surface area contributed by atoms with Crippen LogP contribution in [-0.4, -0.2) is 20.0 Å². The zero-order valence-corrected chi connectivity index (χ0v) is 8.96. The van der Waals surface area contributed by atoms with Crippen LogP contribution in [0.2, 0.25) is 0 Å². The Balaban J connectivity index is 3.33. The average molecular weight is 212 g/mol. The lowest BCUT2D eigenvalue weighted by molar-refractivity contribution is 0.100. The molecule has 1 aromatic rings. The molecule has 0 N–H and O–H groups in total. The molecule has 0 spiro atoms. The number of halogens is 1. The van der Waals surface area contributed by atoms with Crippen molar-refractivity contribution in [2.24, 2.45) is 0 Å². The molecule has 82 valence electrons. The van der Waals surface area contributed by atoms with E-state index < -0.39 is 5.82 Å². The number of methoxy groups -OCH3 is 2. The van der Waals surface area contributed by atoms with Gasteiger partial charge in [0.15, 0.2) is 5.78 Å². The van der Waals surface area contributed by atoms with Gasteiger partial charge in [0.2, 0.25) is 0 Å². The third kappa shape index (κ3) is 2.53. The van der Waals surface area contributed by atoms with Crippen molar-refractivity contribution < 1.29 is 18.7 Å². The van der Waals surface area contributed by atoms with Gasteiger partial charge in [-0.05, 0) is 18.6 Å². The Morgan fingerprint density at radius 3 is 2.53 bits per heavy atom. The summed E-state index contributed by atoms with van der Waals surface area (Å²) in [5, 5.41) is 0. The summed E-state index contributed by atoms with van der Waals surface area (Å²) in [5.41, 5.74) is 0.877. The predicted molar refractivity (Wildman–Crippen MR) is 53.7 cm³/mol. The molecule has 1 rings (SSSR count). The molecule has 0 unspecified atom stereocenters. The molecule has 4 heteroatoms. The summed E-state index contributed by atoms with van der Waals surface area (Å²) < 4.78 is 23.0. The van der Waals surface area contributed by atoms with Crippen molar-refractivity contribution in [3.63, 3.8) is 0 Å². The fourth-order valence-corrected chi connectivity index (χ4v) is 1.47. The van der Waals surface area contributed by atoms with E-state index >= 15 is 0 Å². The molecule has 0 aliphatic heterocycles. The summed E-state index contributed by atoms with van der Waals surface area (Å²) in [7, 11) is 2.89. The van der Waals surface area contributed by atoms with E-state index in [9.17, 15) is 9.18 Å². The van der Waals surface area contributed by atoms with E-state index in [1.165, 1.54) is 33.3 Å². The van der Waals surface area contributed by atoms with Gasteiger partial charge in [0.25, 0.3) is 0 Å². The van der Waals surface area contributed by atoms with E-state index in [0.29, 0.717) is 11.1 Å². The Morgan fingerprint density at radius 2 is 2.07 bits per heavy atom. The first-order valence-electron chi connectivity index (χ1n) is 4.46. The van der Waals surface area contributed by atoms with E-state index in [2.05, 4.69) is 0 Å². The van der Waals surface area contributed by atoms with Gasteiger partial charge in [-0.1, -0.05) is 0 Å². The minimum absolute atomic E-state index is 0.168. The minimum Gasteiger partial charge on any atom is -0.496 e. The smallest absolute Gasteiger partial charge is 0.163 e. The molecule has 0 aromatic heterocycles. The first-order chi connectivity index (χ1) is 7.10. The van der Waals surface area contributed by atoms with Crippen molar-refractivity contribution in [1.29, 1.82) is 0 Å². The van der Waals surface area contributed by atoms with Gasteiger partial charge in [0.05, 0.1) is 19.3 Å². The summed E-state index contributed by atoms with van der Waals surface area (Å²) in [4.78, 5) is 11.4. The summed E-state index contributed by atoms with van der Waals surface area (Å²) >= 11 is 0. The molecule has 0 aliphatic rings. The first-order valence-corrected chi connectivity index (χ1v) is 4.46. The van der Waals surface area contributed by atoms with Gasteiger partial charge in [0, 0.05) is 13.2 Å². The molecular formula is C11H13FO3. The highest BCUT2D eigenvalue weighted by atomic mass is 19.1. The number of rotatable bonds is 4. The van der Waals surface area contributed by atoms with Crippen LogP contribution in [0.3, 0.4) is 0 Å². The summed E-state index contributed by atoms with van der Waals surface area (Å²) in [6.07, 6.45) is 0. The third-order valence-electron chi connectivity index (χ3n) is 2.02. The standard InChI is InChI=1S/C11H13FO3/c1-7(13)11-8(6-14-2)4-9(12)5-10(11)15-3/h4-5H,6H2,1-3H3. The Bertz CT molecular complexity index is 374. The van der Waals surface area contributed by atoms with Crippen LogP contribution in [-0.2, 0) is 11.3 Å². The van der Waals surface area contributed by atoms with Gasteiger partial charge in [-0.3, -0.25) is 4.79 Å². The van der Waals surface area contributed by atoms with Crippen LogP contribution in [0.15, 0.2) is 12.1 Å². The maximum Gasteiger partial charge on any atom is 0.163 e. The molecule has 0 fully saturated rings. The Morgan fingerprint density at radius 1 is 1.40 bits per heavy atom. The van der Waals surface area contributed by atoms with Crippen LogP contribution < -0.4 is 4.74 Å². The highest BCUT2D eigenvalue weighted by Crippen LogP contribution is 2.25. The lowest BCUT2D eigenvalue weighted by Crippen LogP contribution is -2.05. The second-order valence-corrected chi connectivity index (χ2v) is 3.13. The van der Waals surface area contributed by atoms with Crippen molar-refractivity contribution in [1.82, 2.24) is 0 Å². The number of ketones is 1. The number of carbonyl (C=O) groups excluding carboxylic acids is 1. The Labute approximate surface area is 87.8 Å². The lowest BCUT2D eigenvalue weighted by atomic mass is 10.0. The molecule has 0 saturated carbocycles. The van der Waals surface area contributed by atoms with Crippen molar-refractivity contribution >= 4 is 5.78 Å². The number of hydrogen-bond donors (Lipinski definition) is 0. The quantitative estimate of drug-likeness (QED) is 0.717. The van der Waals surface area contributed by atoms with Gasteiger partial charge in [-0.15, -0.1) is 0 Å². The van der Waals surface area contributed by atoms with E-state index in [1.807, 2.05) is 0 Å². The number of Topliss-reactive ketones (excluding diaryl/α,β-unsaturated/α-hetero) is 1. The number of benzene rings is 1. The predicted octanol–water partition coefficient (Wildman–Crippen LogP) is 2.18. The second-order valence-electron chi connectivity index (χ2n) is 3.13. The van der Waals surface area contributed by atoms with E-state index in [4.69, 9.17) is 9.47 Å². The van der Waals surface area contributed by atoms with Gasteiger partial charge in [-0.25, -0.2) is 4.39 Å². The fraction of sp³-hybridized carbons (Fsp3) is 0.364. The molecule has 0 radical (unpaired) electrons. The molecule has 15 heavy (non-hydrogen) atoms. The zero-order chi connectivity index (χ0) is 11.4. The molecule has 0 bridgehead atoms. The number of hydrogen-bond acceptors (Lipinski definition) is 3. The number of ether oxygens (including phenoxy) is 2. The first kappa shape index (κ1) is 11.7. The molecule has 1 aromatic carbocycles. The largest absolute Gasteiger partial charge is 0.496 e. The highest BCUT2D eigenvalue weighted by Gasteiger charge is 2.15. The second kappa shape index (κ2) is 4.89. The van der Waals surface area contributed by atoms with Crippen LogP contribution >= 0.6 is 0 Å². The van der Waals surface area contributed by atoms with Gasteiger partial charge >= 0.3 is 0 Å². The maximum atomic E-state index is 13.1. The molecule has 0 saturated heterocycles. The van der Waals surface area contributed by atoms with E-state index in [0.717, 1.165) is 0 Å². The van der Waals surface area contributed by atoms with Gasteiger partial charge in [-0.2, -0.15) is 0 Å². The normalized spacial score (nSPS) is 10.1. The maximum absolute atomic E-state index is 13.1. The van der Waals surface area contributed by atoms with Crippen molar-refractivity contribution in [3.05, 3.63) is 29.1 Å². The van der Waals surface area contributed by atoms with Crippen LogP contribution in [0.4, 0.5) is 4.39 Å².